The fraction of sp³-hybridized carbons (Fsp3) is 0.500. The first-order valence-electron chi connectivity index (χ1n) is 6.30. The van der Waals surface area contributed by atoms with E-state index in [0.29, 0.717) is 11.5 Å². The molecule has 0 aliphatic heterocycles. The average molecular weight is 253 g/mol. The lowest BCUT2D eigenvalue weighted by atomic mass is 9.82. The molecular formula is C14H17F2NO. The van der Waals surface area contributed by atoms with Gasteiger partial charge < -0.3 is 5.73 Å². The Bertz CT molecular complexity index is 421. The molecule has 1 aliphatic carbocycles. The van der Waals surface area contributed by atoms with E-state index in [1.54, 1.807) is 0 Å². The molecule has 0 bridgehead atoms. The van der Waals surface area contributed by atoms with E-state index in [0.717, 1.165) is 31.7 Å². The molecule has 98 valence electrons. The first-order chi connectivity index (χ1) is 8.56. The van der Waals surface area contributed by atoms with Crippen LogP contribution in [0.15, 0.2) is 18.2 Å². The fourth-order valence-electron chi connectivity index (χ4n) is 2.92. The summed E-state index contributed by atoms with van der Waals surface area (Å²) in [5, 5.41) is 0. The monoisotopic (exact) mass is 253 g/mol. The van der Waals surface area contributed by atoms with E-state index < -0.39 is 17.5 Å². The van der Waals surface area contributed by atoms with E-state index in [9.17, 15) is 13.6 Å². The number of benzene rings is 1. The molecule has 2 N–H and O–H groups in total. The smallest absolute Gasteiger partial charge is 0.218 e. The van der Waals surface area contributed by atoms with Crippen LogP contribution in [0.2, 0.25) is 0 Å². The van der Waals surface area contributed by atoms with Crippen molar-refractivity contribution in [3.8, 4) is 0 Å². The fourth-order valence-corrected chi connectivity index (χ4v) is 2.92. The number of amides is 1. The lowest BCUT2D eigenvalue weighted by molar-refractivity contribution is -0.118. The number of hydrogen-bond donors (Lipinski definition) is 1. The van der Waals surface area contributed by atoms with Crippen molar-refractivity contribution in [2.45, 2.75) is 38.0 Å². The van der Waals surface area contributed by atoms with Gasteiger partial charge in [0, 0.05) is 12.5 Å². The van der Waals surface area contributed by atoms with Crippen molar-refractivity contribution in [1.29, 1.82) is 0 Å². The Morgan fingerprint density at radius 2 is 1.78 bits per heavy atom. The molecule has 1 atom stereocenters. The van der Waals surface area contributed by atoms with Crippen LogP contribution in [-0.2, 0) is 4.79 Å². The third-order valence-corrected chi connectivity index (χ3v) is 3.70. The standard InChI is InChI=1S/C14H17F2NO/c15-11-5-10(6-12(16)7-11)13(8-14(17)18)9-3-1-2-4-9/h5-7,9,13H,1-4,8H2,(H2,17,18). The minimum atomic E-state index is -0.600. The van der Waals surface area contributed by atoms with Gasteiger partial charge in [-0.2, -0.15) is 0 Å². The van der Waals surface area contributed by atoms with Gasteiger partial charge in [0.15, 0.2) is 0 Å². The Morgan fingerprint density at radius 3 is 2.28 bits per heavy atom. The van der Waals surface area contributed by atoms with Crippen LogP contribution < -0.4 is 5.73 Å². The molecule has 0 heterocycles. The molecule has 2 nitrogen and oxygen atoms in total. The summed E-state index contributed by atoms with van der Waals surface area (Å²) in [6, 6.07) is 3.48. The van der Waals surface area contributed by atoms with Gasteiger partial charge in [-0.05, 0) is 42.4 Å². The van der Waals surface area contributed by atoms with E-state index in [1.807, 2.05) is 0 Å². The third kappa shape index (κ3) is 3.06. The Balaban J connectivity index is 2.28. The number of rotatable bonds is 4. The highest BCUT2D eigenvalue weighted by molar-refractivity contribution is 5.74. The average Bonchev–Trinajstić information content (AvgIpc) is 2.77. The molecule has 4 heteroatoms. The molecule has 1 aliphatic rings. The van der Waals surface area contributed by atoms with Gasteiger partial charge >= 0.3 is 0 Å². The van der Waals surface area contributed by atoms with Gasteiger partial charge in [-0.1, -0.05) is 12.8 Å². The van der Waals surface area contributed by atoms with E-state index in [2.05, 4.69) is 0 Å². The minimum absolute atomic E-state index is 0.157. The van der Waals surface area contributed by atoms with Gasteiger partial charge in [0.1, 0.15) is 11.6 Å². The van der Waals surface area contributed by atoms with Crippen molar-refractivity contribution < 1.29 is 13.6 Å². The molecule has 0 saturated heterocycles. The Morgan fingerprint density at radius 1 is 1.22 bits per heavy atom. The maximum absolute atomic E-state index is 13.3. The molecule has 1 aromatic carbocycles. The zero-order chi connectivity index (χ0) is 13.1. The topological polar surface area (TPSA) is 43.1 Å². The number of primary amides is 1. The van der Waals surface area contributed by atoms with Crippen LogP contribution >= 0.6 is 0 Å². The van der Waals surface area contributed by atoms with Crippen molar-refractivity contribution in [1.82, 2.24) is 0 Å². The van der Waals surface area contributed by atoms with E-state index >= 15 is 0 Å². The largest absolute Gasteiger partial charge is 0.370 e. The highest BCUT2D eigenvalue weighted by atomic mass is 19.1. The summed E-state index contributed by atoms with van der Waals surface area (Å²) < 4.78 is 26.5. The first kappa shape index (κ1) is 13.0. The van der Waals surface area contributed by atoms with E-state index in [1.165, 1.54) is 12.1 Å². The normalized spacial score (nSPS) is 17.9. The van der Waals surface area contributed by atoms with Crippen LogP contribution in [0.1, 0.15) is 43.6 Å². The van der Waals surface area contributed by atoms with Crippen molar-refractivity contribution in [2.75, 3.05) is 0 Å². The minimum Gasteiger partial charge on any atom is -0.370 e. The molecule has 0 radical (unpaired) electrons. The second-order valence-corrected chi connectivity index (χ2v) is 5.02. The lowest BCUT2D eigenvalue weighted by Gasteiger charge is -2.22. The molecule has 2 rings (SSSR count). The molecule has 18 heavy (non-hydrogen) atoms. The summed E-state index contributed by atoms with van der Waals surface area (Å²) in [6.45, 7) is 0. The van der Waals surface area contributed by atoms with Crippen LogP contribution in [0.25, 0.3) is 0 Å². The van der Waals surface area contributed by atoms with Gasteiger partial charge in [-0.3, -0.25) is 4.79 Å². The van der Waals surface area contributed by atoms with Crippen LogP contribution in [0, 0.1) is 17.6 Å². The number of halogens is 2. The van der Waals surface area contributed by atoms with Gasteiger partial charge in [-0.15, -0.1) is 0 Å². The summed E-state index contributed by atoms with van der Waals surface area (Å²) in [4.78, 5) is 11.1. The number of hydrogen-bond acceptors (Lipinski definition) is 1. The highest BCUT2D eigenvalue weighted by Gasteiger charge is 2.28. The SMILES string of the molecule is NC(=O)CC(c1cc(F)cc(F)c1)C1CCCC1. The Hall–Kier alpha value is -1.45. The van der Waals surface area contributed by atoms with Crippen molar-refractivity contribution in [3.63, 3.8) is 0 Å². The van der Waals surface area contributed by atoms with Crippen molar-refractivity contribution >= 4 is 5.91 Å². The van der Waals surface area contributed by atoms with Crippen molar-refractivity contribution in [3.05, 3.63) is 35.4 Å². The Labute approximate surface area is 105 Å². The highest BCUT2D eigenvalue weighted by Crippen LogP contribution is 2.39. The third-order valence-electron chi connectivity index (χ3n) is 3.70. The zero-order valence-corrected chi connectivity index (χ0v) is 10.2. The summed E-state index contributed by atoms with van der Waals surface area (Å²) in [7, 11) is 0. The number of carbonyl (C=O) groups excluding carboxylic acids is 1. The predicted octanol–water partition coefficient (Wildman–Crippen LogP) is 3.11. The summed E-state index contributed by atoms with van der Waals surface area (Å²) in [6.07, 6.45) is 4.37. The molecule has 1 saturated carbocycles. The van der Waals surface area contributed by atoms with Crippen LogP contribution in [-0.4, -0.2) is 5.91 Å². The molecule has 0 aromatic heterocycles. The molecular weight excluding hydrogens is 236 g/mol. The molecule has 1 unspecified atom stereocenters. The zero-order valence-electron chi connectivity index (χ0n) is 10.2. The van der Waals surface area contributed by atoms with Crippen LogP contribution in [0.5, 0.6) is 0 Å². The van der Waals surface area contributed by atoms with Gasteiger partial charge in [0.25, 0.3) is 0 Å². The van der Waals surface area contributed by atoms with Gasteiger partial charge in [0.05, 0.1) is 0 Å². The molecule has 1 aromatic rings. The van der Waals surface area contributed by atoms with E-state index in [-0.39, 0.29) is 12.3 Å². The molecule has 1 amide bonds. The number of nitrogens with two attached hydrogens (primary N) is 1. The van der Waals surface area contributed by atoms with Crippen LogP contribution in [0.4, 0.5) is 8.78 Å². The quantitative estimate of drug-likeness (QED) is 0.880. The summed E-state index contributed by atoms with van der Waals surface area (Å²) in [5.41, 5.74) is 5.80. The van der Waals surface area contributed by atoms with Gasteiger partial charge in [-0.25, -0.2) is 8.78 Å². The first-order valence-corrected chi connectivity index (χ1v) is 6.30. The molecule has 0 spiro atoms. The second-order valence-electron chi connectivity index (χ2n) is 5.02. The second kappa shape index (κ2) is 5.46. The number of carbonyl (C=O) groups is 1. The Kier molecular flexibility index (Phi) is 3.94. The van der Waals surface area contributed by atoms with Crippen LogP contribution in [0.3, 0.4) is 0 Å². The lowest BCUT2D eigenvalue weighted by Crippen LogP contribution is -2.20. The van der Waals surface area contributed by atoms with Gasteiger partial charge in [0.2, 0.25) is 5.91 Å². The maximum atomic E-state index is 13.3. The summed E-state index contributed by atoms with van der Waals surface area (Å²) in [5.74, 6) is -1.47. The summed E-state index contributed by atoms with van der Waals surface area (Å²) >= 11 is 0. The molecule has 1 fully saturated rings. The predicted molar refractivity (Wildman–Crippen MR) is 64.9 cm³/mol. The van der Waals surface area contributed by atoms with Crippen molar-refractivity contribution in [2.24, 2.45) is 11.7 Å². The van der Waals surface area contributed by atoms with E-state index in [4.69, 9.17) is 5.73 Å². The maximum Gasteiger partial charge on any atom is 0.218 e.